The normalized spacial score (nSPS) is 16.6. The van der Waals surface area contributed by atoms with E-state index in [9.17, 15) is 27.7 Å². The number of carbonyl (C=O) groups is 1. The van der Waals surface area contributed by atoms with Gasteiger partial charge >= 0.3 is 5.00 Å². The number of hydrogen-bond donors (Lipinski definition) is 0. The van der Waals surface area contributed by atoms with Crippen molar-refractivity contribution < 1.29 is 22.5 Å². The molecule has 2 aromatic carbocycles. The number of anilines is 1. The smallest absolute Gasteiger partial charge is 0.267 e. The maximum Gasteiger partial charge on any atom is 0.324 e. The fourth-order valence-electron chi connectivity index (χ4n) is 4.20. The maximum atomic E-state index is 13.8. The number of aromatic nitrogens is 1. The number of piperidine rings is 1. The second-order valence-electron chi connectivity index (χ2n) is 9.04. The van der Waals surface area contributed by atoms with Crippen LogP contribution < -0.4 is 5.01 Å². The molecule has 0 bridgehead atoms. The highest BCUT2D eigenvalue weighted by atomic mass is 32.2. The SMILES string of the molecule is CC1CCCN(S(=O)(=O)c2ccc(C(=O)N(/N=C/c3ccc([N+](=O)[O-])s3)c3nc4ccc(F)cc4s3)cc2)C1. The molecule has 1 aliphatic heterocycles. The molecule has 0 radical (unpaired) electrons. The lowest BCUT2D eigenvalue weighted by atomic mass is 10.0. The monoisotopic (exact) mass is 587 g/mol. The average molecular weight is 588 g/mol. The Morgan fingerprint density at radius 1 is 1.21 bits per heavy atom. The van der Waals surface area contributed by atoms with E-state index in [1.807, 2.05) is 6.92 Å². The van der Waals surface area contributed by atoms with Crippen molar-refractivity contribution in [2.75, 3.05) is 18.1 Å². The van der Waals surface area contributed by atoms with E-state index in [1.165, 1.54) is 65.1 Å². The molecule has 39 heavy (non-hydrogen) atoms. The van der Waals surface area contributed by atoms with Gasteiger partial charge < -0.3 is 0 Å². The van der Waals surface area contributed by atoms with Crippen molar-refractivity contribution in [1.29, 1.82) is 0 Å². The second-order valence-corrected chi connectivity index (χ2v) is 13.1. The molecule has 3 heterocycles. The van der Waals surface area contributed by atoms with Gasteiger partial charge in [0.15, 0.2) is 0 Å². The van der Waals surface area contributed by atoms with Gasteiger partial charge in [-0.05, 0) is 67.3 Å². The summed E-state index contributed by atoms with van der Waals surface area (Å²) in [7, 11) is -3.70. The Bertz CT molecular complexity index is 1680. The zero-order valence-corrected chi connectivity index (χ0v) is 23.0. The largest absolute Gasteiger partial charge is 0.324 e. The van der Waals surface area contributed by atoms with Crippen molar-refractivity contribution in [3.63, 3.8) is 0 Å². The highest BCUT2D eigenvalue weighted by molar-refractivity contribution is 7.89. The molecule has 0 saturated carbocycles. The van der Waals surface area contributed by atoms with Crippen molar-refractivity contribution in [3.05, 3.63) is 81.0 Å². The molecular formula is C25H22FN5O5S3. The number of nitro groups is 1. The maximum absolute atomic E-state index is 13.8. The fraction of sp³-hybridized carbons (Fsp3) is 0.240. The van der Waals surface area contributed by atoms with Crippen molar-refractivity contribution in [3.8, 4) is 0 Å². The average Bonchev–Trinajstić information content (AvgIpc) is 3.56. The number of hydrazone groups is 1. The predicted molar refractivity (Wildman–Crippen MR) is 149 cm³/mol. The number of sulfonamides is 1. The van der Waals surface area contributed by atoms with Gasteiger partial charge in [0.1, 0.15) is 5.82 Å². The minimum absolute atomic E-state index is 0.0790. The number of amides is 1. The summed E-state index contributed by atoms with van der Waals surface area (Å²) in [5.41, 5.74) is 0.620. The first-order chi connectivity index (χ1) is 18.6. The highest BCUT2D eigenvalue weighted by Gasteiger charge is 2.29. The van der Waals surface area contributed by atoms with Gasteiger partial charge in [-0.15, -0.1) is 0 Å². The first-order valence-corrected chi connectivity index (χ1v) is 15.0. The van der Waals surface area contributed by atoms with Gasteiger partial charge in [0.2, 0.25) is 15.2 Å². The minimum Gasteiger partial charge on any atom is -0.267 e. The van der Waals surface area contributed by atoms with Gasteiger partial charge in [-0.25, -0.2) is 17.8 Å². The summed E-state index contributed by atoms with van der Waals surface area (Å²) in [6.07, 6.45) is 3.08. The van der Waals surface area contributed by atoms with Crippen molar-refractivity contribution in [1.82, 2.24) is 9.29 Å². The molecule has 202 valence electrons. The summed E-state index contributed by atoms with van der Waals surface area (Å²) < 4.78 is 42.0. The second kappa shape index (κ2) is 10.9. The van der Waals surface area contributed by atoms with Gasteiger partial charge in [0.05, 0.1) is 31.1 Å². The lowest BCUT2D eigenvalue weighted by Gasteiger charge is -2.30. The number of carbonyl (C=O) groups excluding carboxylic acids is 1. The molecule has 0 aliphatic carbocycles. The Morgan fingerprint density at radius 3 is 2.67 bits per heavy atom. The number of halogens is 1. The van der Waals surface area contributed by atoms with Gasteiger partial charge in [-0.3, -0.25) is 14.9 Å². The van der Waals surface area contributed by atoms with Gasteiger partial charge in [-0.2, -0.15) is 14.4 Å². The lowest BCUT2D eigenvalue weighted by molar-refractivity contribution is -0.380. The van der Waals surface area contributed by atoms with Crippen LogP contribution in [0.25, 0.3) is 10.2 Å². The van der Waals surface area contributed by atoms with Crippen LogP contribution in [-0.2, 0) is 10.0 Å². The van der Waals surface area contributed by atoms with Gasteiger partial charge in [0.25, 0.3) is 5.91 Å². The van der Waals surface area contributed by atoms with Gasteiger partial charge in [0, 0.05) is 24.7 Å². The van der Waals surface area contributed by atoms with Crippen LogP contribution in [0.5, 0.6) is 0 Å². The number of thiophene rings is 1. The molecule has 1 amide bonds. The fourth-order valence-corrected chi connectivity index (χ4v) is 7.43. The lowest BCUT2D eigenvalue weighted by Crippen LogP contribution is -2.39. The van der Waals surface area contributed by atoms with Crippen LogP contribution in [0.1, 0.15) is 35.0 Å². The summed E-state index contributed by atoms with van der Waals surface area (Å²) in [5, 5.41) is 16.4. The van der Waals surface area contributed by atoms with Crippen LogP contribution in [0, 0.1) is 21.8 Å². The Morgan fingerprint density at radius 2 is 1.97 bits per heavy atom. The number of nitrogens with zero attached hydrogens (tertiary/aromatic N) is 5. The minimum atomic E-state index is -3.70. The van der Waals surface area contributed by atoms with Crippen LogP contribution >= 0.6 is 22.7 Å². The van der Waals surface area contributed by atoms with Crippen LogP contribution in [0.3, 0.4) is 0 Å². The topological polar surface area (TPSA) is 126 Å². The molecule has 1 saturated heterocycles. The van der Waals surface area contributed by atoms with E-state index in [-0.39, 0.29) is 26.5 Å². The molecule has 1 aliphatic rings. The van der Waals surface area contributed by atoms with E-state index in [2.05, 4.69) is 10.1 Å². The number of benzene rings is 2. The molecule has 1 fully saturated rings. The van der Waals surface area contributed by atoms with E-state index in [0.29, 0.717) is 28.2 Å². The molecule has 0 spiro atoms. The third-order valence-electron chi connectivity index (χ3n) is 6.16. The molecule has 1 unspecified atom stereocenters. The third-order valence-corrected chi connectivity index (χ3v) is 10.0. The van der Waals surface area contributed by atoms with E-state index in [0.717, 1.165) is 40.5 Å². The zero-order chi connectivity index (χ0) is 27.7. The molecular weight excluding hydrogens is 566 g/mol. The number of thiazole rings is 1. The standard InChI is InChI=1S/C25H22FN5O5S3/c1-16-3-2-12-29(15-16)39(35,36)20-8-4-17(5-9-20)24(32)30(27-14-19-7-11-23(37-19)31(33)34)25-28-21-10-6-18(26)13-22(21)38-25/h4-11,13-14,16H,2-3,12,15H2,1H3/b27-14+. The summed E-state index contributed by atoms with van der Waals surface area (Å²) in [6.45, 7) is 2.92. The molecule has 2 aromatic heterocycles. The summed E-state index contributed by atoms with van der Waals surface area (Å²) in [4.78, 5) is 29.0. The Kier molecular flexibility index (Phi) is 7.53. The zero-order valence-electron chi connectivity index (χ0n) is 20.6. The van der Waals surface area contributed by atoms with Crippen molar-refractivity contribution >= 4 is 65.2 Å². The molecule has 4 aromatic rings. The van der Waals surface area contributed by atoms with E-state index in [4.69, 9.17) is 0 Å². The van der Waals surface area contributed by atoms with Crippen molar-refractivity contribution in [2.45, 2.75) is 24.7 Å². The Balaban J connectivity index is 1.47. The highest BCUT2D eigenvalue weighted by Crippen LogP contribution is 2.31. The summed E-state index contributed by atoms with van der Waals surface area (Å²) in [6, 6.07) is 12.5. The molecule has 14 heteroatoms. The van der Waals surface area contributed by atoms with Crippen LogP contribution in [0.15, 0.2) is 64.6 Å². The van der Waals surface area contributed by atoms with Crippen LogP contribution in [0.4, 0.5) is 14.5 Å². The molecule has 5 rings (SSSR count). The van der Waals surface area contributed by atoms with E-state index < -0.39 is 26.7 Å². The van der Waals surface area contributed by atoms with Crippen molar-refractivity contribution in [2.24, 2.45) is 11.0 Å². The number of hydrogen-bond acceptors (Lipinski definition) is 9. The van der Waals surface area contributed by atoms with Crippen LogP contribution in [0.2, 0.25) is 0 Å². The van der Waals surface area contributed by atoms with Crippen LogP contribution in [-0.4, -0.2) is 47.8 Å². The number of fused-ring (bicyclic) bond motifs is 1. The quantitative estimate of drug-likeness (QED) is 0.160. The Labute approximate surface area is 231 Å². The predicted octanol–water partition coefficient (Wildman–Crippen LogP) is 5.51. The van der Waals surface area contributed by atoms with E-state index in [1.54, 1.807) is 0 Å². The number of rotatable bonds is 7. The summed E-state index contributed by atoms with van der Waals surface area (Å²) in [5.74, 6) is -0.787. The van der Waals surface area contributed by atoms with Gasteiger partial charge in [-0.1, -0.05) is 29.6 Å². The summed E-state index contributed by atoms with van der Waals surface area (Å²) >= 11 is 1.93. The van der Waals surface area contributed by atoms with E-state index >= 15 is 0 Å². The Hall–Kier alpha value is -3.59. The first kappa shape index (κ1) is 27.0. The molecule has 0 N–H and O–H groups in total. The first-order valence-electron chi connectivity index (χ1n) is 11.9. The molecule has 1 atom stereocenters. The molecule has 10 nitrogen and oxygen atoms in total. The third kappa shape index (κ3) is 5.73.